The molecular formula is C16H16ClN5O2. The van der Waals surface area contributed by atoms with E-state index in [2.05, 4.69) is 9.97 Å². The molecular weight excluding hydrogens is 330 g/mol. The summed E-state index contributed by atoms with van der Waals surface area (Å²) in [5.41, 5.74) is 6.68. The molecule has 0 atom stereocenters. The van der Waals surface area contributed by atoms with Crippen molar-refractivity contribution in [3.8, 4) is 5.69 Å². The Morgan fingerprint density at radius 3 is 2.96 bits per heavy atom. The molecule has 0 unspecified atom stereocenters. The highest BCUT2D eigenvalue weighted by Gasteiger charge is 2.11. The molecule has 2 heterocycles. The van der Waals surface area contributed by atoms with Gasteiger partial charge in [0.1, 0.15) is 12.4 Å². The molecule has 2 N–H and O–H groups in total. The van der Waals surface area contributed by atoms with Crippen LogP contribution in [0.15, 0.2) is 43.0 Å². The summed E-state index contributed by atoms with van der Waals surface area (Å²) in [6.45, 7) is 0.646. The first-order chi connectivity index (χ1) is 11.5. The Morgan fingerprint density at radius 1 is 1.42 bits per heavy atom. The summed E-state index contributed by atoms with van der Waals surface area (Å²) in [5.74, 6) is 0.724. The summed E-state index contributed by atoms with van der Waals surface area (Å²) in [4.78, 5) is 21.3. The van der Waals surface area contributed by atoms with Crippen LogP contribution in [0.3, 0.4) is 0 Å². The van der Waals surface area contributed by atoms with Gasteiger partial charge in [0.15, 0.2) is 0 Å². The van der Waals surface area contributed by atoms with Crippen molar-refractivity contribution in [1.29, 1.82) is 0 Å². The van der Waals surface area contributed by atoms with Gasteiger partial charge >= 0.3 is 6.09 Å². The maximum atomic E-state index is 10.7. The highest BCUT2D eigenvalue weighted by molar-refractivity contribution is 6.31. The van der Waals surface area contributed by atoms with Gasteiger partial charge in [-0.05, 0) is 18.2 Å². The Labute approximate surface area is 143 Å². The van der Waals surface area contributed by atoms with Gasteiger partial charge in [0.2, 0.25) is 0 Å². The monoisotopic (exact) mass is 345 g/mol. The predicted octanol–water partition coefficient (Wildman–Crippen LogP) is 2.61. The summed E-state index contributed by atoms with van der Waals surface area (Å²) < 4.78 is 6.69. The van der Waals surface area contributed by atoms with Gasteiger partial charge in [-0.1, -0.05) is 11.6 Å². The van der Waals surface area contributed by atoms with E-state index in [9.17, 15) is 4.79 Å². The minimum atomic E-state index is -0.791. The number of imidazole rings is 1. The molecule has 1 aromatic carbocycles. The minimum Gasteiger partial charge on any atom is -0.448 e. The molecule has 0 aliphatic carbocycles. The van der Waals surface area contributed by atoms with Gasteiger partial charge in [-0.15, -0.1) is 0 Å². The Hall–Kier alpha value is -2.80. The Balaban J connectivity index is 2.01. The zero-order valence-electron chi connectivity index (χ0n) is 13.0. The van der Waals surface area contributed by atoms with Gasteiger partial charge in [0, 0.05) is 35.9 Å². The minimum absolute atomic E-state index is 0.182. The number of pyridine rings is 1. The van der Waals surface area contributed by atoms with Crippen molar-refractivity contribution >= 4 is 34.4 Å². The van der Waals surface area contributed by atoms with Gasteiger partial charge in [-0.25, -0.2) is 14.8 Å². The number of aromatic nitrogens is 3. The molecule has 24 heavy (non-hydrogen) atoms. The summed E-state index contributed by atoms with van der Waals surface area (Å²) in [7, 11) is 1.86. The second kappa shape index (κ2) is 6.76. The third kappa shape index (κ3) is 3.41. The zero-order chi connectivity index (χ0) is 17.1. The number of anilines is 1. The van der Waals surface area contributed by atoms with Crippen LogP contribution in [0.25, 0.3) is 16.6 Å². The van der Waals surface area contributed by atoms with Crippen LogP contribution in [0.1, 0.15) is 0 Å². The topological polar surface area (TPSA) is 86.3 Å². The molecule has 0 saturated carbocycles. The van der Waals surface area contributed by atoms with Crippen LogP contribution in [0.4, 0.5) is 10.6 Å². The number of halogens is 1. The molecule has 7 nitrogen and oxygen atoms in total. The quantitative estimate of drug-likeness (QED) is 0.768. The van der Waals surface area contributed by atoms with Crippen molar-refractivity contribution in [3.05, 3.63) is 48.0 Å². The molecule has 3 aromatic rings. The van der Waals surface area contributed by atoms with Gasteiger partial charge < -0.3 is 19.9 Å². The van der Waals surface area contributed by atoms with Crippen molar-refractivity contribution in [2.75, 3.05) is 25.1 Å². The van der Waals surface area contributed by atoms with E-state index in [1.807, 2.05) is 47.0 Å². The fourth-order valence-corrected chi connectivity index (χ4v) is 2.54. The average Bonchev–Trinajstić information content (AvgIpc) is 3.07. The normalized spacial score (nSPS) is 10.8. The van der Waals surface area contributed by atoms with Gasteiger partial charge in [0.25, 0.3) is 0 Å². The number of carbonyl (C=O) groups excluding carboxylic acids is 1. The van der Waals surface area contributed by atoms with E-state index >= 15 is 0 Å². The number of rotatable bonds is 5. The molecule has 0 spiro atoms. The molecule has 0 radical (unpaired) electrons. The third-order valence-electron chi connectivity index (χ3n) is 3.58. The Morgan fingerprint density at radius 2 is 2.25 bits per heavy atom. The number of nitrogens with zero attached hydrogens (tertiary/aromatic N) is 4. The number of carbonyl (C=O) groups is 1. The molecule has 0 saturated heterocycles. The molecule has 0 aliphatic rings. The number of likely N-dealkylation sites (N-methyl/N-ethyl adjacent to an activating group) is 1. The number of nitrogens with two attached hydrogens (primary N) is 1. The summed E-state index contributed by atoms with van der Waals surface area (Å²) in [6.07, 6.45) is 4.51. The van der Waals surface area contributed by atoms with Crippen LogP contribution >= 0.6 is 11.6 Å². The maximum absolute atomic E-state index is 10.7. The highest BCUT2D eigenvalue weighted by atomic mass is 35.5. The number of amides is 1. The Kier molecular flexibility index (Phi) is 4.52. The van der Waals surface area contributed by atoms with Crippen LogP contribution in [-0.2, 0) is 4.74 Å². The number of hydrogen-bond donors (Lipinski definition) is 1. The second-order valence-electron chi connectivity index (χ2n) is 5.22. The molecule has 1 amide bonds. The molecule has 8 heteroatoms. The van der Waals surface area contributed by atoms with Gasteiger partial charge in [-0.3, -0.25) is 0 Å². The van der Waals surface area contributed by atoms with E-state index in [0.717, 1.165) is 22.4 Å². The van der Waals surface area contributed by atoms with E-state index in [1.165, 1.54) is 0 Å². The Bertz CT molecular complexity index is 866. The van der Waals surface area contributed by atoms with Crippen LogP contribution in [0.5, 0.6) is 0 Å². The fourth-order valence-electron chi connectivity index (χ4n) is 2.38. The van der Waals surface area contributed by atoms with Crippen molar-refractivity contribution in [2.45, 2.75) is 0 Å². The summed E-state index contributed by atoms with van der Waals surface area (Å²) in [6, 6.07) is 7.52. The lowest BCUT2D eigenvalue weighted by molar-refractivity contribution is 0.160. The predicted molar refractivity (Wildman–Crippen MR) is 92.7 cm³/mol. The number of primary amides is 1. The zero-order valence-corrected chi connectivity index (χ0v) is 13.8. The lowest BCUT2D eigenvalue weighted by Gasteiger charge is -2.20. The first-order valence-electron chi connectivity index (χ1n) is 7.26. The maximum Gasteiger partial charge on any atom is 0.404 e. The number of hydrogen-bond acceptors (Lipinski definition) is 5. The van der Waals surface area contributed by atoms with Gasteiger partial charge in [0.05, 0.1) is 24.1 Å². The molecule has 0 bridgehead atoms. The molecule has 3 rings (SSSR count). The first-order valence-corrected chi connectivity index (χ1v) is 7.64. The molecule has 0 aliphatic heterocycles. The second-order valence-corrected chi connectivity index (χ2v) is 5.66. The summed E-state index contributed by atoms with van der Waals surface area (Å²) in [5, 5.41) is 1.58. The highest BCUT2D eigenvalue weighted by Crippen LogP contribution is 2.27. The smallest absolute Gasteiger partial charge is 0.404 e. The largest absolute Gasteiger partial charge is 0.448 e. The van der Waals surface area contributed by atoms with E-state index in [0.29, 0.717) is 11.6 Å². The van der Waals surface area contributed by atoms with Crippen LogP contribution in [0.2, 0.25) is 5.02 Å². The van der Waals surface area contributed by atoms with Crippen molar-refractivity contribution in [3.63, 3.8) is 0 Å². The number of ether oxygens (including phenoxy) is 1. The lowest BCUT2D eigenvalue weighted by Crippen LogP contribution is -2.26. The molecule has 124 valence electrons. The summed E-state index contributed by atoms with van der Waals surface area (Å²) >= 11 is 6.10. The number of benzene rings is 1. The van der Waals surface area contributed by atoms with Crippen LogP contribution in [-0.4, -0.2) is 40.8 Å². The van der Waals surface area contributed by atoms with E-state index in [1.54, 1.807) is 12.5 Å². The van der Waals surface area contributed by atoms with Crippen molar-refractivity contribution in [1.82, 2.24) is 14.5 Å². The first kappa shape index (κ1) is 16.1. The lowest BCUT2D eigenvalue weighted by atomic mass is 10.1. The van der Waals surface area contributed by atoms with E-state index < -0.39 is 6.09 Å². The number of fused-ring (bicyclic) bond motifs is 1. The van der Waals surface area contributed by atoms with Crippen molar-refractivity contribution < 1.29 is 9.53 Å². The molecule has 0 fully saturated rings. The van der Waals surface area contributed by atoms with Crippen LogP contribution in [0, 0.1) is 0 Å². The van der Waals surface area contributed by atoms with E-state index in [-0.39, 0.29) is 6.61 Å². The average molecular weight is 346 g/mol. The fraction of sp³-hybridized carbons (Fsp3) is 0.188. The van der Waals surface area contributed by atoms with E-state index in [4.69, 9.17) is 22.1 Å². The van der Waals surface area contributed by atoms with Crippen molar-refractivity contribution in [2.24, 2.45) is 5.73 Å². The van der Waals surface area contributed by atoms with Crippen LogP contribution < -0.4 is 10.6 Å². The standard InChI is InChI=1S/C16H16ClN5O2/c1-21(6-7-24-16(18)23)15-9-14(22-5-4-19-10-22)12-3-2-11(17)8-13(12)20-15/h2-5,8-10H,6-7H2,1H3,(H2,18,23). The van der Waals surface area contributed by atoms with Gasteiger partial charge in [-0.2, -0.15) is 0 Å². The third-order valence-corrected chi connectivity index (χ3v) is 3.82. The SMILES string of the molecule is CN(CCOC(N)=O)c1cc(-n2ccnc2)c2ccc(Cl)cc2n1. The molecule has 2 aromatic heterocycles.